The van der Waals surface area contributed by atoms with E-state index in [1.54, 1.807) is 0 Å². The highest BCUT2D eigenvalue weighted by molar-refractivity contribution is 5.85. The number of amides is 1. The zero-order chi connectivity index (χ0) is 34.8. The number of ether oxygens (including phenoxy) is 1. The first-order chi connectivity index (χ1) is 22.7. The van der Waals surface area contributed by atoms with E-state index in [-0.39, 0.29) is 50.0 Å². The Kier molecular flexibility index (Phi) is 29.0. The first-order valence-electron chi connectivity index (χ1n) is 19.4. The second-order valence-electron chi connectivity index (χ2n) is 13.8. The predicted octanol–water partition coefficient (Wildman–Crippen LogP) is 7.21. The molecule has 10 heteroatoms. The topological polar surface area (TPSA) is 159 Å². The minimum Gasteiger partial charge on any atom is -0.388 e. The molecule has 0 aromatic carbocycles. The highest BCUT2D eigenvalue weighted by Gasteiger charge is 2.55. The fraction of sp³-hybridized carbons (Fsp3) is 0.895. The number of nitrogens with zero attached hydrogens (tertiary/aromatic N) is 1. The van der Waals surface area contributed by atoms with Gasteiger partial charge < -0.3 is 25.8 Å². The Labute approximate surface area is 299 Å². The molecule has 1 amide bonds. The average Bonchev–Trinajstić information content (AvgIpc) is 3.06. The molecule has 9 nitrogen and oxygen atoms in total. The van der Waals surface area contributed by atoms with Gasteiger partial charge in [-0.2, -0.15) is 0 Å². The number of aliphatic hydroxyl groups is 3. The molecule has 7 N–H and O–H groups in total. The Bertz CT molecular complexity index is 834. The van der Waals surface area contributed by atoms with Gasteiger partial charge in [-0.3, -0.25) is 20.2 Å². The number of carbonyl (C=O) groups is 2. The number of allylic oxidation sites excluding steroid dienone is 2. The lowest BCUT2D eigenvalue weighted by molar-refractivity contribution is -0.308. The van der Waals surface area contributed by atoms with Gasteiger partial charge in [0.2, 0.25) is 11.8 Å². The summed E-state index contributed by atoms with van der Waals surface area (Å²) < 4.78 is 5.94. The van der Waals surface area contributed by atoms with E-state index >= 15 is 0 Å². The molecule has 1 saturated heterocycles. The summed E-state index contributed by atoms with van der Waals surface area (Å²) in [4.78, 5) is 27.0. The third-order valence-electron chi connectivity index (χ3n) is 9.59. The molecule has 0 aromatic rings. The largest absolute Gasteiger partial charge is 0.388 e. The number of rotatable bonds is 30. The van der Waals surface area contributed by atoms with E-state index in [0.717, 1.165) is 51.4 Å². The highest BCUT2D eigenvalue weighted by Crippen LogP contribution is 2.32. The molecule has 0 bridgehead atoms. The summed E-state index contributed by atoms with van der Waals surface area (Å²) in [6, 6.07) is 0. The van der Waals surface area contributed by atoms with Gasteiger partial charge in [0.05, 0.1) is 12.6 Å². The average molecular weight is 704 g/mol. The van der Waals surface area contributed by atoms with Gasteiger partial charge in [0.15, 0.2) is 0 Å². The molecule has 0 spiro atoms. The third-order valence-corrected chi connectivity index (χ3v) is 9.59. The number of hydrogen-bond acceptors (Lipinski definition) is 8. The van der Waals surface area contributed by atoms with Gasteiger partial charge in [-0.1, -0.05) is 135 Å². The summed E-state index contributed by atoms with van der Waals surface area (Å²) in [5.74, 6) is -2.69. The Hall–Kier alpha value is -1.07. The van der Waals surface area contributed by atoms with Gasteiger partial charge >= 0.3 is 0 Å². The Morgan fingerprint density at radius 2 is 1.12 bits per heavy atom. The SMILES string of the molecule is CCCCCCCC/C=C\CCCCCCCC(=O)N(CCCCCCCCCCCC)[C@]1(N)O[C@H](CC(=O)CN)[C@@H](O)[C@H](O)[C@H]1O.Cl. The molecule has 0 saturated carbocycles. The maximum Gasteiger partial charge on any atom is 0.227 e. The maximum atomic E-state index is 13.6. The van der Waals surface area contributed by atoms with Crippen LogP contribution < -0.4 is 11.5 Å². The zero-order valence-corrected chi connectivity index (χ0v) is 31.4. The Balaban J connectivity index is 0.0000221. The summed E-state index contributed by atoms with van der Waals surface area (Å²) in [7, 11) is 0. The van der Waals surface area contributed by atoms with Crippen LogP contribution in [0.25, 0.3) is 0 Å². The van der Waals surface area contributed by atoms with E-state index in [0.29, 0.717) is 12.8 Å². The van der Waals surface area contributed by atoms with Crippen molar-refractivity contribution in [1.29, 1.82) is 0 Å². The van der Waals surface area contributed by atoms with Crippen molar-refractivity contribution in [3.63, 3.8) is 0 Å². The third kappa shape index (κ3) is 19.4. The summed E-state index contributed by atoms with van der Waals surface area (Å²) in [6.07, 6.45) is 24.9. The first kappa shape index (κ1) is 46.9. The van der Waals surface area contributed by atoms with Crippen molar-refractivity contribution in [1.82, 2.24) is 4.90 Å². The quantitative estimate of drug-likeness (QED) is 0.0298. The predicted molar refractivity (Wildman–Crippen MR) is 199 cm³/mol. The molecular formula is C38H74ClN3O6. The van der Waals surface area contributed by atoms with E-state index in [2.05, 4.69) is 26.0 Å². The van der Waals surface area contributed by atoms with E-state index < -0.39 is 30.3 Å². The number of ketones is 1. The molecule has 1 aliphatic heterocycles. The number of nitrogens with two attached hydrogens (primary N) is 2. The van der Waals surface area contributed by atoms with Crippen LogP contribution in [-0.4, -0.2) is 75.3 Å². The van der Waals surface area contributed by atoms with Crippen LogP contribution in [0.5, 0.6) is 0 Å². The van der Waals surface area contributed by atoms with E-state index in [1.165, 1.54) is 88.4 Å². The molecule has 48 heavy (non-hydrogen) atoms. The lowest BCUT2D eigenvalue weighted by Gasteiger charge is -2.51. The highest BCUT2D eigenvalue weighted by atomic mass is 35.5. The van der Waals surface area contributed by atoms with Crippen LogP contribution >= 0.6 is 12.4 Å². The molecule has 0 aromatic heterocycles. The zero-order valence-electron chi connectivity index (χ0n) is 30.6. The van der Waals surface area contributed by atoms with Crippen molar-refractivity contribution < 1.29 is 29.6 Å². The van der Waals surface area contributed by atoms with Gasteiger partial charge in [-0.05, 0) is 38.5 Å². The molecule has 0 aliphatic carbocycles. The van der Waals surface area contributed by atoms with Gasteiger partial charge in [0.25, 0.3) is 0 Å². The number of aliphatic hydroxyl groups excluding tert-OH is 3. The lowest BCUT2D eigenvalue weighted by atomic mass is 9.91. The molecule has 1 aliphatic rings. The minimum absolute atomic E-state index is 0. The maximum absolute atomic E-state index is 13.6. The smallest absolute Gasteiger partial charge is 0.227 e. The summed E-state index contributed by atoms with van der Waals surface area (Å²) in [5.41, 5.74) is 12.1. The first-order valence-corrected chi connectivity index (χ1v) is 19.4. The Morgan fingerprint density at radius 1 is 0.688 bits per heavy atom. The van der Waals surface area contributed by atoms with Crippen LogP contribution in [0.3, 0.4) is 0 Å². The van der Waals surface area contributed by atoms with Crippen LogP contribution in [0.1, 0.15) is 174 Å². The fourth-order valence-corrected chi connectivity index (χ4v) is 6.46. The fourth-order valence-electron chi connectivity index (χ4n) is 6.46. The molecule has 284 valence electrons. The second kappa shape index (κ2) is 29.6. The molecule has 1 heterocycles. The van der Waals surface area contributed by atoms with Crippen molar-refractivity contribution in [3.05, 3.63) is 12.2 Å². The molecule has 0 unspecified atom stereocenters. The van der Waals surface area contributed by atoms with Crippen LogP contribution in [0.2, 0.25) is 0 Å². The molecule has 0 radical (unpaired) electrons. The van der Waals surface area contributed by atoms with Crippen molar-refractivity contribution in [2.75, 3.05) is 13.1 Å². The molecule has 1 fully saturated rings. The van der Waals surface area contributed by atoms with Crippen molar-refractivity contribution in [2.24, 2.45) is 11.5 Å². The van der Waals surface area contributed by atoms with Crippen molar-refractivity contribution in [3.8, 4) is 0 Å². The summed E-state index contributed by atoms with van der Waals surface area (Å²) in [5, 5.41) is 32.2. The monoisotopic (exact) mass is 704 g/mol. The van der Waals surface area contributed by atoms with Crippen LogP contribution in [0, 0.1) is 0 Å². The summed E-state index contributed by atoms with van der Waals surface area (Å²) in [6.45, 7) is 4.48. The summed E-state index contributed by atoms with van der Waals surface area (Å²) >= 11 is 0. The number of unbranched alkanes of at least 4 members (excludes halogenated alkanes) is 20. The lowest BCUT2D eigenvalue weighted by Crippen LogP contribution is -2.76. The van der Waals surface area contributed by atoms with E-state index in [4.69, 9.17) is 16.2 Å². The van der Waals surface area contributed by atoms with E-state index in [9.17, 15) is 24.9 Å². The molecular weight excluding hydrogens is 630 g/mol. The van der Waals surface area contributed by atoms with Gasteiger partial charge in [-0.15, -0.1) is 12.4 Å². The molecule has 1 rings (SSSR count). The van der Waals surface area contributed by atoms with Gasteiger partial charge in [-0.25, -0.2) is 0 Å². The van der Waals surface area contributed by atoms with Gasteiger partial charge in [0, 0.05) is 19.4 Å². The number of Topliss-reactive ketones (excluding diaryl/α,β-unsaturated/α-hetero) is 1. The van der Waals surface area contributed by atoms with Crippen molar-refractivity contribution in [2.45, 2.75) is 205 Å². The number of carbonyl (C=O) groups excluding carboxylic acids is 2. The van der Waals surface area contributed by atoms with Gasteiger partial charge in [0.1, 0.15) is 24.1 Å². The molecule has 5 atom stereocenters. The van der Waals surface area contributed by atoms with Crippen LogP contribution in [0.4, 0.5) is 0 Å². The minimum atomic E-state index is -2.06. The standard InChI is InChI=1S/C38H73N3O6.ClH/c1-3-5-7-9-11-13-15-16-17-18-19-20-22-24-26-28-34(43)41(29-27-25-23-21-14-12-10-8-6-4-2)38(40)37(46)36(45)35(44)33(47-38)30-32(42)31-39;/h16-17,33,35-37,44-46H,3-15,18-31,39-40H2,1-2H3;1H/b17-16-;/t33-,35-,36+,37-,38+;/m1./s1. The Morgan fingerprint density at radius 3 is 1.60 bits per heavy atom. The van der Waals surface area contributed by atoms with Crippen LogP contribution in [0.15, 0.2) is 12.2 Å². The normalized spacial score (nSPS) is 22.6. The van der Waals surface area contributed by atoms with Crippen LogP contribution in [-0.2, 0) is 14.3 Å². The van der Waals surface area contributed by atoms with E-state index in [1.807, 2.05) is 0 Å². The number of hydrogen-bond donors (Lipinski definition) is 5. The number of halogens is 1. The second-order valence-corrected chi connectivity index (χ2v) is 13.8. The van der Waals surface area contributed by atoms with Crippen molar-refractivity contribution >= 4 is 24.1 Å².